The minimum Gasteiger partial charge on any atom is -0.481 e. The minimum absolute atomic E-state index is 0.0399. The second-order valence-corrected chi connectivity index (χ2v) is 7.15. The molecule has 0 radical (unpaired) electrons. The number of benzene rings is 1. The highest BCUT2D eigenvalue weighted by atomic mass is 16.4. The maximum Gasteiger partial charge on any atom is 0.303 e. The molecule has 27 heavy (non-hydrogen) atoms. The number of imide groups is 1. The Hall–Kier alpha value is -2.70. The van der Waals surface area contributed by atoms with Crippen LogP contribution in [0.25, 0.3) is 0 Å². The van der Waals surface area contributed by atoms with Crippen LogP contribution in [0.1, 0.15) is 60.9 Å². The number of hydrogen-bond acceptors (Lipinski definition) is 4. The summed E-state index contributed by atoms with van der Waals surface area (Å²) in [6.07, 6.45) is 3.82. The average Bonchev–Trinajstić information content (AvgIpc) is 2.98. The minimum atomic E-state index is -0.844. The van der Waals surface area contributed by atoms with Crippen molar-refractivity contribution in [3.05, 3.63) is 35.4 Å². The van der Waals surface area contributed by atoms with Crippen molar-refractivity contribution in [3.63, 3.8) is 0 Å². The molecular formula is C20H24N2O5. The van der Waals surface area contributed by atoms with Crippen LogP contribution >= 0.6 is 0 Å². The number of likely N-dealkylation sites (tertiary alicyclic amines) is 2. The van der Waals surface area contributed by atoms with E-state index in [9.17, 15) is 19.2 Å². The molecule has 0 spiro atoms. The number of carbonyl (C=O) groups is 4. The first kappa shape index (κ1) is 19.1. The summed E-state index contributed by atoms with van der Waals surface area (Å²) in [6, 6.07) is 6.92. The van der Waals surface area contributed by atoms with Crippen LogP contribution in [-0.4, -0.2) is 51.2 Å². The first-order chi connectivity index (χ1) is 13.0. The number of carbonyl (C=O) groups excluding carboxylic acids is 3. The number of rotatable bonds is 6. The lowest BCUT2D eigenvalue weighted by atomic mass is 9.96. The van der Waals surface area contributed by atoms with Crippen molar-refractivity contribution in [2.24, 2.45) is 0 Å². The Morgan fingerprint density at radius 3 is 2.33 bits per heavy atom. The van der Waals surface area contributed by atoms with E-state index in [1.165, 1.54) is 4.90 Å². The van der Waals surface area contributed by atoms with Crippen LogP contribution in [-0.2, 0) is 20.9 Å². The van der Waals surface area contributed by atoms with Crippen LogP contribution in [0.5, 0.6) is 0 Å². The molecule has 3 rings (SSSR count). The monoisotopic (exact) mass is 372 g/mol. The zero-order valence-corrected chi connectivity index (χ0v) is 15.2. The number of amides is 3. The average molecular weight is 372 g/mol. The van der Waals surface area contributed by atoms with E-state index in [4.69, 9.17) is 5.11 Å². The van der Waals surface area contributed by atoms with Gasteiger partial charge in [-0.2, -0.15) is 0 Å². The summed E-state index contributed by atoms with van der Waals surface area (Å²) in [7, 11) is 0. The third-order valence-electron chi connectivity index (χ3n) is 5.28. The Balaban J connectivity index is 1.66. The van der Waals surface area contributed by atoms with E-state index in [-0.39, 0.29) is 49.6 Å². The molecule has 2 aliphatic rings. The molecule has 2 fully saturated rings. The number of nitrogens with zero attached hydrogens (tertiary/aromatic N) is 2. The zero-order valence-electron chi connectivity index (χ0n) is 15.2. The summed E-state index contributed by atoms with van der Waals surface area (Å²) in [5.41, 5.74) is 1.34. The van der Waals surface area contributed by atoms with Crippen LogP contribution in [0.15, 0.2) is 24.3 Å². The summed E-state index contributed by atoms with van der Waals surface area (Å²) in [4.78, 5) is 50.2. The van der Waals surface area contributed by atoms with Crippen LogP contribution in [0.3, 0.4) is 0 Å². The number of aliphatic carboxylic acids is 1. The number of hydrogen-bond donors (Lipinski definition) is 1. The van der Waals surface area contributed by atoms with Gasteiger partial charge in [0.05, 0.1) is 6.54 Å². The van der Waals surface area contributed by atoms with E-state index in [1.807, 2.05) is 0 Å². The highest BCUT2D eigenvalue weighted by molar-refractivity contribution is 6.01. The first-order valence-electron chi connectivity index (χ1n) is 9.40. The molecule has 1 N–H and O–H groups in total. The van der Waals surface area contributed by atoms with Crippen molar-refractivity contribution in [2.45, 2.75) is 57.5 Å². The predicted molar refractivity (Wildman–Crippen MR) is 96.8 cm³/mol. The van der Waals surface area contributed by atoms with Crippen LogP contribution in [0.4, 0.5) is 0 Å². The van der Waals surface area contributed by atoms with Crippen molar-refractivity contribution in [1.29, 1.82) is 0 Å². The van der Waals surface area contributed by atoms with E-state index >= 15 is 0 Å². The van der Waals surface area contributed by atoms with Crippen molar-refractivity contribution in [3.8, 4) is 0 Å². The summed E-state index contributed by atoms with van der Waals surface area (Å²) in [5.74, 6) is -1.25. The fourth-order valence-electron chi connectivity index (χ4n) is 3.76. The predicted octanol–water partition coefficient (Wildman–Crippen LogP) is 2.20. The third-order valence-corrected chi connectivity index (χ3v) is 5.28. The molecule has 0 saturated carbocycles. The van der Waals surface area contributed by atoms with Gasteiger partial charge in [0, 0.05) is 37.4 Å². The van der Waals surface area contributed by atoms with Gasteiger partial charge in [0.1, 0.15) is 0 Å². The van der Waals surface area contributed by atoms with Crippen LogP contribution < -0.4 is 0 Å². The van der Waals surface area contributed by atoms with Gasteiger partial charge in [-0.25, -0.2) is 0 Å². The lowest BCUT2D eigenvalue weighted by Crippen LogP contribution is -2.44. The van der Waals surface area contributed by atoms with E-state index < -0.39 is 5.97 Å². The van der Waals surface area contributed by atoms with Gasteiger partial charge in [-0.3, -0.25) is 24.1 Å². The molecule has 1 atom stereocenters. The van der Waals surface area contributed by atoms with E-state index in [1.54, 1.807) is 29.2 Å². The second kappa shape index (κ2) is 8.33. The molecule has 0 aliphatic carbocycles. The van der Waals surface area contributed by atoms with Gasteiger partial charge in [0.25, 0.3) is 5.91 Å². The van der Waals surface area contributed by atoms with Gasteiger partial charge in [-0.05, 0) is 43.4 Å². The topological polar surface area (TPSA) is 95.0 Å². The molecule has 7 heteroatoms. The molecule has 3 amide bonds. The number of carboxylic acids is 1. The van der Waals surface area contributed by atoms with Crippen molar-refractivity contribution >= 4 is 23.7 Å². The van der Waals surface area contributed by atoms with Gasteiger partial charge >= 0.3 is 5.97 Å². The summed E-state index contributed by atoms with van der Waals surface area (Å²) in [5, 5.41) is 8.92. The summed E-state index contributed by atoms with van der Waals surface area (Å²) < 4.78 is 0. The molecule has 1 unspecified atom stereocenters. The standard InChI is InChI=1S/C20H24N2O5/c23-17-9-10-18(24)22(17)13-14-4-6-15(7-5-14)20(27)21-12-2-1-3-16(21)8-11-19(25)26/h4-7,16H,1-3,8-13H2,(H,25,26). The molecular weight excluding hydrogens is 348 g/mol. The fourth-order valence-corrected chi connectivity index (χ4v) is 3.76. The Labute approximate surface area is 157 Å². The Kier molecular flexibility index (Phi) is 5.88. The number of piperidine rings is 1. The van der Waals surface area contributed by atoms with E-state index in [0.29, 0.717) is 18.5 Å². The molecule has 144 valence electrons. The zero-order chi connectivity index (χ0) is 19.4. The van der Waals surface area contributed by atoms with Crippen molar-refractivity contribution < 1.29 is 24.3 Å². The molecule has 1 aromatic carbocycles. The van der Waals surface area contributed by atoms with E-state index in [2.05, 4.69) is 0 Å². The third kappa shape index (κ3) is 4.53. The van der Waals surface area contributed by atoms with Gasteiger partial charge < -0.3 is 10.0 Å². The second-order valence-electron chi connectivity index (χ2n) is 7.15. The molecule has 2 heterocycles. The Morgan fingerprint density at radius 1 is 1.04 bits per heavy atom. The van der Waals surface area contributed by atoms with Crippen LogP contribution in [0.2, 0.25) is 0 Å². The van der Waals surface area contributed by atoms with Gasteiger partial charge in [0.15, 0.2) is 0 Å². The molecule has 1 aromatic rings. The maximum absolute atomic E-state index is 12.9. The molecule has 2 saturated heterocycles. The summed E-state index contributed by atoms with van der Waals surface area (Å²) >= 11 is 0. The maximum atomic E-state index is 12.9. The summed E-state index contributed by atoms with van der Waals surface area (Å²) in [6.45, 7) is 0.874. The largest absolute Gasteiger partial charge is 0.481 e. The Bertz CT molecular complexity index is 727. The lowest BCUT2D eigenvalue weighted by molar-refractivity contribution is -0.139. The highest BCUT2D eigenvalue weighted by Crippen LogP contribution is 2.24. The Morgan fingerprint density at radius 2 is 1.70 bits per heavy atom. The fraction of sp³-hybridized carbons (Fsp3) is 0.500. The molecule has 0 bridgehead atoms. The first-order valence-corrected chi connectivity index (χ1v) is 9.40. The molecule has 0 aromatic heterocycles. The van der Waals surface area contributed by atoms with Gasteiger partial charge in [-0.15, -0.1) is 0 Å². The van der Waals surface area contributed by atoms with Gasteiger partial charge in [-0.1, -0.05) is 12.1 Å². The lowest BCUT2D eigenvalue weighted by Gasteiger charge is -2.35. The highest BCUT2D eigenvalue weighted by Gasteiger charge is 2.29. The van der Waals surface area contributed by atoms with E-state index in [0.717, 1.165) is 24.8 Å². The van der Waals surface area contributed by atoms with Gasteiger partial charge in [0.2, 0.25) is 11.8 Å². The van der Waals surface area contributed by atoms with Crippen molar-refractivity contribution in [1.82, 2.24) is 9.80 Å². The normalized spacial score (nSPS) is 20.2. The quantitative estimate of drug-likeness (QED) is 0.773. The SMILES string of the molecule is O=C(O)CCC1CCCCN1C(=O)c1ccc(CN2C(=O)CCC2=O)cc1. The smallest absolute Gasteiger partial charge is 0.303 e. The molecule has 7 nitrogen and oxygen atoms in total. The number of carboxylic acid groups (broad SMARTS) is 1. The molecule has 2 aliphatic heterocycles. The van der Waals surface area contributed by atoms with Crippen LogP contribution in [0, 0.1) is 0 Å². The van der Waals surface area contributed by atoms with Crippen molar-refractivity contribution in [2.75, 3.05) is 6.54 Å².